The Bertz CT molecular complexity index is 1130. The van der Waals surface area contributed by atoms with E-state index < -0.39 is 0 Å². The van der Waals surface area contributed by atoms with Gasteiger partial charge in [-0.05, 0) is 56.7 Å². The van der Waals surface area contributed by atoms with Gasteiger partial charge in [0.15, 0.2) is 0 Å². The van der Waals surface area contributed by atoms with E-state index >= 15 is 0 Å². The molecule has 2 aromatic rings. The van der Waals surface area contributed by atoms with E-state index in [1.54, 1.807) is 0 Å². The molecule has 0 N–H and O–H groups in total. The van der Waals surface area contributed by atoms with Crippen molar-refractivity contribution in [3.05, 3.63) is 130 Å². The molecule has 2 unspecified atom stereocenters. The van der Waals surface area contributed by atoms with E-state index in [2.05, 4.69) is 97.1 Å². The van der Waals surface area contributed by atoms with Crippen LogP contribution in [0.4, 0.5) is 0 Å². The lowest BCUT2D eigenvalue weighted by molar-refractivity contribution is 0.956. The first-order valence-electron chi connectivity index (χ1n) is 9.21. The Labute approximate surface area is 153 Å². The van der Waals surface area contributed by atoms with E-state index in [1.807, 2.05) is 0 Å². The third-order valence-electron chi connectivity index (χ3n) is 5.88. The first kappa shape index (κ1) is 14.1. The van der Waals surface area contributed by atoms with Crippen molar-refractivity contribution in [3.63, 3.8) is 0 Å². The maximum Gasteiger partial charge on any atom is 0.0364 e. The molecular weight excluding hydrogens is 312 g/mol. The van der Waals surface area contributed by atoms with E-state index in [4.69, 9.17) is 0 Å². The highest BCUT2D eigenvalue weighted by Crippen LogP contribution is 2.52. The van der Waals surface area contributed by atoms with E-state index in [9.17, 15) is 0 Å². The van der Waals surface area contributed by atoms with Crippen molar-refractivity contribution in [1.29, 1.82) is 0 Å². The predicted octanol–water partition coefficient (Wildman–Crippen LogP) is 6.14. The van der Waals surface area contributed by atoms with E-state index in [-0.39, 0.29) is 5.92 Å². The van der Waals surface area contributed by atoms with Crippen molar-refractivity contribution in [3.8, 4) is 0 Å². The Morgan fingerprint density at radius 3 is 2.62 bits per heavy atom. The van der Waals surface area contributed by atoms with Gasteiger partial charge in [-0.15, -0.1) is 0 Å². The minimum Gasteiger partial charge on any atom is -0.0726 e. The van der Waals surface area contributed by atoms with Crippen LogP contribution in [0.5, 0.6) is 0 Å². The third-order valence-corrected chi connectivity index (χ3v) is 5.88. The van der Waals surface area contributed by atoms with Crippen LogP contribution in [0.15, 0.2) is 102 Å². The van der Waals surface area contributed by atoms with Crippen LogP contribution in [0.2, 0.25) is 0 Å². The van der Waals surface area contributed by atoms with E-state index in [1.165, 1.54) is 44.5 Å². The summed E-state index contributed by atoms with van der Waals surface area (Å²) in [6, 6.07) is 17.6. The average molecular weight is 329 g/mol. The molecule has 0 aromatic heterocycles. The predicted molar refractivity (Wildman–Crippen MR) is 107 cm³/mol. The lowest BCUT2D eigenvalue weighted by atomic mass is 9.70. The molecule has 0 saturated carbocycles. The summed E-state index contributed by atoms with van der Waals surface area (Å²) in [5.41, 5.74) is 10.8. The molecule has 0 fully saturated rings. The highest BCUT2D eigenvalue weighted by molar-refractivity contribution is 5.87. The number of rotatable bonds is 1. The van der Waals surface area contributed by atoms with Crippen LogP contribution >= 0.6 is 0 Å². The van der Waals surface area contributed by atoms with E-state index in [0.29, 0.717) is 5.92 Å². The van der Waals surface area contributed by atoms with Crippen LogP contribution in [0.25, 0.3) is 11.6 Å². The normalized spacial score (nSPS) is 24.0. The molecule has 0 heteroatoms. The lowest BCUT2D eigenvalue weighted by Gasteiger charge is -2.33. The quantitative estimate of drug-likeness (QED) is 0.589. The van der Waals surface area contributed by atoms with Crippen molar-refractivity contribution < 1.29 is 0 Å². The van der Waals surface area contributed by atoms with Gasteiger partial charge >= 0.3 is 0 Å². The number of fused-ring (bicyclic) bond motifs is 5. The summed E-state index contributed by atoms with van der Waals surface area (Å²) in [6.07, 6.45) is 19.5. The van der Waals surface area contributed by atoms with Gasteiger partial charge in [0.25, 0.3) is 0 Å². The molecule has 0 amide bonds. The van der Waals surface area contributed by atoms with Crippen LogP contribution < -0.4 is 0 Å². The Hall–Kier alpha value is -3.12. The fraction of sp³-hybridized carbons (Fsp3) is 0.0769. The Kier molecular flexibility index (Phi) is 2.81. The van der Waals surface area contributed by atoms with Gasteiger partial charge in [-0.2, -0.15) is 0 Å². The molecule has 0 heterocycles. The topological polar surface area (TPSA) is 0 Å². The lowest BCUT2D eigenvalue weighted by Crippen LogP contribution is -2.16. The van der Waals surface area contributed by atoms with Crippen molar-refractivity contribution in [1.82, 2.24) is 0 Å². The molecule has 2 aromatic carbocycles. The highest BCUT2D eigenvalue weighted by atomic mass is 14.4. The summed E-state index contributed by atoms with van der Waals surface area (Å²) in [5.74, 6) is 0.601. The molecule has 4 aliphatic carbocycles. The zero-order valence-electron chi connectivity index (χ0n) is 14.3. The van der Waals surface area contributed by atoms with Crippen LogP contribution in [0.1, 0.15) is 34.1 Å². The summed E-state index contributed by atoms with van der Waals surface area (Å²) < 4.78 is 0. The molecule has 121 valence electrons. The molecule has 0 bridgehead atoms. The minimum atomic E-state index is 0.241. The maximum absolute atomic E-state index is 3.81. The summed E-state index contributed by atoms with van der Waals surface area (Å²) in [5, 5.41) is 0. The standard InChI is InChI=1S/C26H17/c1-2-10-21-17(7-1)15-18-8-6-14-22(18)26(21)25-16-19-9-5-13-20(19)23-11-3-4-12-24(23)25/h1-15,20,26H. The van der Waals surface area contributed by atoms with Crippen LogP contribution in [-0.2, 0) is 0 Å². The number of benzene rings is 2. The highest BCUT2D eigenvalue weighted by Gasteiger charge is 2.34. The monoisotopic (exact) mass is 329 g/mol. The minimum absolute atomic E-state index is 0.241. The summed E-state index contributed by atoms with van der Waals surface area (Å²) in [4.78, 5) is 0. The third kappa shape index (κ3) is 1.84. The zero-order valence-corrected chi connectivity index (χ0v) is 14.3. The Balaban J connectivity index is 1.62. The van der Waals surface area contributed by atoms with Gasteiger partial charge in [0, 0.05) is 11.8 Å². The molecule has 26 heavy (non-hydrogen) atoms. The molecule has 0 nitrogen and oxygen atoms in total. The molecule has 0 spiro atoms. The molecule has 0 aliphatic heterocycles. The first-order valence-corrected chi connectivity index (χ1v) is 9.21. The van der Waals surface area contributed by atoms with Crippen molar-refractivity contribution in [2.45, 2.75) is 11.8 Å². The van der Waals surface area contributed by atoms with Crippen LogP contribution in [-0.4, -0.2) is 0 Å². The molecular formula is C26H17. The van der Waals surface area contributed by atoms with Gasteiger partial charge in [0.2, 0.25) is 0 Å². The summed E-state index contributed by atoms with van der Waals surface area (Å²) in [7, 11) is 0. The smallest absolute Gasteiger partial charge is 0.0364 e. The van der Waals surface area contributed by atoms with E-state index in [0.717, 1.165) is 0 Å². The molecule has 6 rings (SSSR count). The van der Waals surface area contributed by atoms with Crippen LogP contribution in [0, 0.1) is 6.08 Å². The van der Waals surface area contributed by atoms with Gasteiger partial charge in [-0.1, -0.05) is 85.0 Å². The number of allylic oxidation sites excluding steroid dienone is 11. The van der Waals surface area contributed by atoms with Crippen molar-refractivity contribution in [2.24, 2.45) is 0 Å². The largest absolute Gasteiger partial charge is 0.0726 e. The average Bonchev–Trinajstić information content (AvgIpc) is 3.34. The summed E-state index contributed by atoms with van der Waals surface area (Å²) in [6.45, 7) is 0. The molecule has 1 radical (unpaired) electrons. The van der Waals surface area contributed by atoms with Gasteiger partial charge < -0.3 is 0 Å². The molecule has 2 atom stereocenters. The molecule has 4 aliphatic rings. The number of hydrogen-bond acceptors (Lipinski definition) is 0. The Morgan fingerprint density at radius 1 is 0.808 bits per heavy atom. The fourth-order valence-electron chi connectivity index (χ4n) is 4.73. The summed E-state index contributed by atoms with van der Waals surface area (Å²) >= 11 is 0. The zero-order chi connectivity index (χ0) is 17.1. The van der Waals surface area contributed by atoms with Gasteiger partial charge in [0.05, 0.1) is 0 Å². The van der Waals surface area contributed by atoms with Gasteiger partial charge in [-0.3, -0.25) is 0 Å². The second kappa shape index (κ2) is 5.19. The fourth-order valence-corrected chi connectivity index (χ4v) is 4.73. The second-order valence-corrected chi connectivity index (χ2v) is 7.25. The SMILES string of the molecule is [C]1=C(C2C3=CC=CC3=Cc3ccccc32)c2ccccc2C2C=CC=C12. The first-order chi connectivity index (χ1) is 12.9. The van der Waals surface area contributed by atoms with Crippen molar-refractivity contribution >= 4 is 11.6 Å². The maximum atomic E-state index is 3.81. The Morgan fingerprint density at radius 2 is 1.65 bits per heavy atom. The van der Waals surface area contributed by atoms with Gasteiger partial charge in [-0.25, -0.2) is 0 Å². The van der Waals surface area contributed by atoms with Gasteiger partial charge in [0.1, 0.15) is 0 Å². The number of hydrogen-bond donors (Lipinski definition) is 0. The van der Waals surface area contributed by atoms with Crippen molar-refractivity contribution in [2.75, 3.05) is 0 Å². The molecule has 0 saturated heterocycles. The second-order valence-electron chi connectivity index (χ2n) is 7.25. The van der Waals surface area contributed by atoms with Crippen LogP contribution in [0.3, 0.4) is 0 Å².